The van der Waals surface area contributed by atoms with E-state index in [0.717, 1.165) is 140 Å². The Hall–Kier alpha value is -3.98. The van der Waals surface area contributed by atoms with Crippen LogP contribution in [-0.4, -0.2) is 161 Å². The Morgan fingerprint density at radius 3 is 1.04 bits per heavy atom. The number of rotatable bonds is 47. The molecule has 0 aliphatic heterocycles. The van der Waals surface area contributed by atoms with Crippen LogP contribution in [0.25, 0.3) is 0 Å². The minimum Gasteiger partial charge on any atom is -0.399 e. The lowest BCUT2D eigenvalue weighted by atomic mass is 9.81. The third-order valence-corrected chi connectivity index (χ3v) is 18.9. The predicted molar refractivity (Wildman–Crippen MR) is 490 cm³/mol. The SMILES string of the molecule is CC(CCN)CC(C)(C)CN.CC(CN)CCCN.CC(N)COCC(C)N.CCC(COCCN)(COCC(C)N)COCC(C)N.NC1CCCC(N)C1.NCC1CCCC(CN)C1.NCCCCCCCCCCCCN.NCCCCCCN.Nc1ccc(CCc2ccc(N)cc2)cc1.Nc1cccc(N)c1. The molecule has 10 atom stereocenters. The Labute approximate surface area is 686 Å². The van der Waals surface area contributed by atoms with Gasteiger partial charge in [-0.15, -0.1) is 0 Å². The maximum atomic E-state index is 5.70. The number of nitrogens with two attached hydrogens (primary N) is 21. The third-order valence-electron chi connectivity index (χ3n) is 18.9. The molecule has 2 saturated carbocycles. The largest absolute Gasteiger partial charge is 0.399 e. The molecule has 5 rings (SSSR count). The van der Waals surface area contributed by atoms with E-state index in [9.17, 15) is 0 Å². The van der Waals surface area contributed by atoms with Crippen molar-refractivity contribution in [3.05, 3.63) is 83.9 Å². The van der Waals surface area contributed by atoms with Crippen LogP contribution >= 0.6 is 0 Å². The van der Waals surface area contributed by atoms with Crippen molar-refractivity contribution in [2.45, 2.75) is 285 Å². The van der Waals surface area contributed by atoms with E-state index in [1.54, 1.807) is 18.2 Å². The zero-order chi connectivity index (χ0) is 85.5. The quantitative estimate of drug-likeness (QED) is 0.0185. The second-order valence-electron chi connectivity index (χ2n) is 32.5. The molecule has 10 unspecified atom stereocenters. The Morgan fingerprint density at radius 1 is 0.393 bits per heavy atom. The van der Waals surface area contributed by atoms with Crippen molar-refractivity contribution < 1.29 is 18.9 Å². The first-order valence-corrected chi connectivity index (χ1v) is 43.3. The van der Waals surface area contributed by atoms with E-state index in [-0.39, 0.29) is 35.0 Å². The van der Waals surface area contributed by atoms with Crippen LogP contribution in [0.2, 0.25) is 0 Å². The molecule has 2 fully saturated rings. The monoisotopic (exact) mass is 1590 g/mol. The molecule has 0 amide bonds. The van der Waals surface area contributed by atoms with Gasteiger partial charge in [-0.3, -0.25) is 0 Å². The highest BCUT2D eigenvalue weighted by Crippen LogP contribution is 2.28. The zero-order valence-electron chi connectivity index (χ0n) is 73.4. The number of hydrogen-bond acceptors (Lipinski definition) is 25. The molecule has 112 heavy (non-hydrogen) atoms. The van der Waals surface area contributed by atoms with Crippen molar-refractivity contribution in [1.29, 1.82) is 0 Å². The molecule has 0 spiro atoms. The molecular formula is C87H187N21O4. The molecule has 3 aromatic carbocycles. The lowest BCUT2D eigenvalue weighted by Crippen LogP contribution is -2.39. The maximum absolute atomic E-state index is 5.70. The summed E-state index contributed by atoms with van der Waals surface area (Å²) in [6.07, 6.45) is 35.6. The number of anilines is 4. The lowest BCUT2D eigenvalue weighted by molar-refractivity contribution is -0.0728. The second kappa shape index (κ2) is 83.5. The first-order chi connectivity index (χ1) is 53.4. The fourth-order valence-corrected chi connectivity index (χ4v) is 11.8. The molecule has 25 nitrogen and oxygen atoms in total. The van der Waals surface area contributed by atoms with E-state index in [2.05, 4.69) is 58.9 Å². The van der Waals surface area contributed by atoms with Crippen LogP contribution in [0.4, 0.5) is 22.7 Å². The number of ether oxygens (including phenoxy) is 4. The molecule has 2 aliphatic rings. The summed E-state index contributed by atoms with van der Waals surface area (Å²) in [5.41, 5.74) is 121. The van der Waals surface area contributed by atoms with E-state index in [1.165, 1.54) is 146 Å². The summed E-state index contributed by atoms with van der Waals surface area (Å²) in [4.78, 5) is 0. The highest BCUT2D eigenvalue weighted by Gasteiger charge is 2.30. The van der Waals surface area contributed by atoms with Crippen LogP contribution in [0.15, 0.2) is 72.8 Å². The van der Waals surface area contributed by atoms with E-state index in [1.807, 2.05) is 58.0 Å². The van der Waals surface area contributed by atoms with Gasteiger partial charge in [-0.1, -0.05) is 142 Å². The minimum absolute atomic E-state index is 0.0273. The van der Waals surface area contributed by atoms with Crippen molar-refractivity contribution in [3.63, 3.8) is 0 Å². The van der Waals surface area contributed by atoms with Crippen LogP contribution in [0.5, 0.6) is 0 Å². The van der Waals surface area contributed by atoms with Gasteiger partial charge in [0.15, 0.2) is 0 Å². The fourth-order valence-electron chi connectivity index (χ4n) is 11.8. The molecule has 0 bridgehead atoms. The smallest absolute Gasteiger partial charge is 0.0615 e. The molecule has 0 radical (unpaired) electrons. The Bertz CT molecular complexity index is 2210. The van der Waals surface area contributed by atoms with E-state index in [4.69, 9.17) is 139 Å². The molecule has 3 aromatic rings. The Kier molecular flexibility index (Phi) is 86.9. The minimum atomic E-state index is -0.168. The van der Waals surface area contributed by atoms with Crippen molar-refractivity contribution in [2.75, 3.05) is 148 Å². The molecular weight excluding hydrogens is 1400 g/mol. The van der Waals surface area contributed by atoms with E-state index < -0.39 is 0 Å². The number of hydrogen-bond donors (Lipinski definition) is 21. The van der Waals surface area contributed by atoms with Crippen LogP contribution in [-0.2, 0) is 31.8 Å². The summed E-state index contributed by atoms with van der Waals surface area (Å²) < 4.78 is 22.1. The topological polar surface area (TPSA) is 583 Å². The molecule has 0 saturated heterocycles. The van der Waals surface area contributed by atoms with Gasteiger partial charge in [0.25, 0.3) is 0 Å². The summed E-state index contributed by atoms with van der Waals surface area (Å²) in [5, 5.41) is 0. The molecule has 25 heteroatoms. The average molecular weight is 1590 g/mol. The Balaban J connectivity index is -0.000000385. The molecule has 2 aliphatic carbocycles. The Morgan fingerprint density at radius 2 is 0.750 bits per heavy atom. The normalized spacial score (nSPS) is 17.1. The van der Waals surface area contributed by atoms with Crippen LogP contribution in [0.1, 0.15) is 247 Å². The fraction of sp³-hybridized carbons (Fsp3) is 0.793. The highest BCUT2D eigenvalue weighted by atomic mass is 16.5. The predicted octanol–water partition coefficient (Wildman–Crippen LogP) is 9.13. The van der Waals surface area contributed by atoms with Crippen LogP contribution < -0.4 is 120 Å². The van der Waals surface area contributed by atoms with Crippen LogP contribution in [0.3, 0.4) is 0 Å². The number of aryl methyl sites for hydroxylation is 2. The van der Waals surface area contributed by atoms with Gasteiger partial charge in [0.05, 0.1) is 52.9 Å². The first-order valence-electron chi connectivity index (χ1n) is 43.3. The van der Waals surface area contributed by atoms with Gasteiger partial charge < -0.3 is 139 Å². The maximum Gasteiger partial charge on any atom is 0.0615 e. The van der Waals surface area contributed by atoms with Gasteiger partial charge in [-0.05, 0) is 285 Å². The first kappa shape index (κ1) is 117. The number of nitrogen functional groups attached to an aromatic ring is 4. The zero-order valence-corrected chi connectivity index (χ0v) is 73.4. The standard InChI is InChI=1S/C14H33N3O3.C14H16N2.C12H28N2.C9H22N2.C8H18N2.C6H16N2O.C6H14N2.C6H8N2.2C6H16N2/c1-4-14(9-18-6-5-15,10-19-7-12(2)16)11-20-8-13(3)17;15-13-7-3-11(4-8-13)1-2-12-5-9-14(16)10-6-12;13-11-9-7-5-3-1-2-4-6-8-10-12-14;1-8(4-5-10)6-9(2,3)7-11;9-5-7-2-1-3-8(4-7)6-10;1-5(7)3-9-4-6(2)8;2*7-5-2-1-3-6(8)4-5;1-6(5-8)3-2-4-7;7-5-3-1-2-4-6-8/h12-13H,4-11,15-17H2,1-3H3;3-10H,1-2,15-16H2;1-14H2;8H,4-7,10-11H2,1-3H3;7-8H,1-6,9-10H2;5-6H,3-4,7-8H2,1-2H3;5-6H,1-4,7-8H2;1-4H,7-8H2;6H,2-5,7-8H2,1H3;1-8H2. The summed E-state index contributed by atoms with van der Waals surface area (Å²) in [5.74, 6) is 2.89. The average Bonchev–Trinajstić information content (AvgIpc) is 0.879. The van der Waals surface area contributed by atoms with Crippen molar-refractivity contribution >= 4 is 22.7 Å². The lowest BCUT2D eigenvalue weighted by Gasteiger charge is -2.32. The summed E-state index contributed by atoms with van der Waals surface area (Å²) >= 11 is 0. The molecule has 664 valence electrons. The number of benzene rings is 3. The van der Waals surface area contributed by atoms with Crippen molar-refractivity contribution in [3.8, 4) is 0 Å². The third kappa shape index (κ3) is 85.4. The van der Waals surface area contributed by atoms with Gasteiger partial charge in [0.2, 0.25) is 0 Å². The number of unbranched alkanes of at least 4 members (excludes halogenated alkanes) is 12. The van der Waals surface area contributed by atoms with Gasteiger partial charge in [0, 0.05) is 71.0 Å². The molecule has 42 N–H and O–H groups in total. The molecule has 0 aromatic heterocycles. The van der Waals surface area contributed by atoms with Gasteiger partial charge in [-0.25, -0.2) is 0 Å². The van der Waals surface area contributed by atoms with Gasteiger partial charge in [-0.2, -0.15) is 0 Å². The summed E-state index contributed by atoms with van der Waals surface area (Å²) in [6, 6.07) is 24.3. The van der Waals surface area contributed by atoms with Crippen LogP contribution in [0, 0.1) is 34.5 Å². The second-order valence-corrected chi connectivity index (χ2v) is 32.5. The van der Waals surface area contributed by atoms with Crippen molar-refractivity contribution in [1.82, 2.24) is 0 Å². The van der Waals surface area contributed by atoms with Crippen molar-refractivity contribution in [2.24, 2.45) is 132 Å². The van der Waals surface area contributed by atoms with E-state index >= 15 is 0 Å². The summed E-state index contributed by atoms with van der Waals surface area (Å²) in [7, 11) is 0. The summed E-state index contributed by atoms with van der Waals surface area (Å²) in [6.45, 7) is 31.8. The highest BCUT2D eigenvalue weighted by molar-refractivity contribution is 5.50. The molecule has 0 heterocycles. The van der Waals surface area contributed by atoms with Gasteiger partial charge in [0.1, 0.15) is 0 Å². The van der Waals surface area contributed by atoms with E-state index in [0.29, 0.717) is 94.7 Å². The van der Waals surface area contributed by atoms with Gasteiger partial charge >= 0.3 is 0 Å².